The first-order valence-corrected chi connectivity index (χ1v) is 6.71. The summed E-state index contributed by atoms with van der Waals surface area (Å²) in [5.41, 5.74) is 1.11. The molecule has 1 N–H and O–H groups in total. The highest BCUT2D eigenvalue weighted by Crippen LogP contribution is 2.16. The van der Waals surface area contributed by atoms with E-state index in [-0.39, 0.29) is 0 Å². The Balaban J connectivity index is 1.74. The first-order valence-electron chi connectivity index (χ1n) is 6.71. The van der Waals surface area contributed by atoms with E-state index in [2.05, 4.69) is 22.4 Å². The predicted molar refractivity (Wildman–Crippen MR) is 72.8 cm³/mol. The zero-order valence-corrected chi connectivity index (χ0v) is 11.4. The number of ether oxygens (including phenoxy) is 1. The van der Waals surface area contributed by atoms with Gasteiger partial charge in [0.1, 0.15) is 0 Å². The second kappa shape index (κ2) is 6.75. The Kier molecular flexibility index (Phi) is 5.01. The van der Waals surface area contributed by atoms with Gasteiger partial charge in [0, 0.05) is 26.4 Å². The average Bonchev–Trinajstić information content (AvgIpc) is 2.82. The maximum atomic E-state index is 5.04. The van der Waals surface area contributed by atoms with Gasteiger partial charge in [-0.05, 0) is 32.4 Å². The first-order chi connectivity index (χ1) is 8.78. The Hall–Kier alpha value is -1.07. The van der Waals surface area contributed by atoms with Crippen LogP contribution in [-0.4, -0.2) is 55.1 Å². The highest BCUT2D eigenvalue weighted by atomic mass is 16.5. The summed E-state index contributed by atoms with van der Waals surface area (Å²) in [5, 5.41) is 7.78. The lowest BCUT2D eigenvalue weighted by molar-refractivity contribution is 0.183. The van der Waals surface area contributed by atoms with Gasteiger partial charge in [0.15, 0.2) is 0 Å². The van der Waals surface area contributed by atoms with E-state index in [0.29, 0.717) is 6.61 Å². The fourth-order valence-electron chi connectivity index (χ4n) is 2.46. The van der Waals surface area contributed by atoms with Gasteiger partial charge in [0.2, 0.25) is 0 Å². The smallest absolute Gasteiger partial charge is 0.0726 e. The SMILES string of the molecule is COCCn1cc(NCC2CCCN(C)C2)cn1. The Morgan fingerprint density at radius 2 is 2.44 bits per heavy atom. The summed E-state index contributed by atoms with van der Waals surface area (Å²) in [6.07, 6.45) is 6.58. The van der Waals surface area contributed by atoms with Crippen LogP contribution in [0.3, 0.4) is 0 Å². The van der Waals surface area contributed by atoms with Crippen LogP contribution < -0.4 is 5.32 Å². The van der Waals surface area contributed by atoms with Gasteiger partial charge in [-0.25, -0.2) is 0 Å². The van der Waals surface area contributed by atoms with Gasteiger partial charge in [0.25, 0.3) is 0 Å². The fourth-order valence-corrected chi connectivity index (χ4v) is 2.46. The van der Waals surface area contributed by atoms with Crippen molar-refractivity contribution in [2.24, 2.45) is 5.92 Å². The Morgan fingerprint density at radius 1 is 1.56 bits per heavy atom. The molecule has 1 aliphatic heterocycles. The summed E-state index contributed by atoms with van der Waals surface area (Å²) in [4.78, 5) is 2.41. The van der Waals surface area contributed by atoms with E-state index >= 15 is 0 Å². The molecule has 0 aliphatic carbocycles. The van der Waals surface area contributed by atoms with Crippen LogP contribution in [0.1, 0.15) is 12.8 Å². The molecule has 18 heavy (non-hydrogen) atoms. The Morgan fingerprint density at radius 3 is 3.22 bits per heavy atom. The van der Waals surface area contributed by atoms with Crippen LogP contribution in [0.2, 0.25) is 0 Å². The lowest BCUT2D eigenvalue weighted by Gasteiger charge is -2.29. The van der Waals surface area contributed by atoms with Gasteiger partial charge in [-0.15, -0.1) is 0 Å². The summed E-state index contributed by atoms with van der Waals surface area (Å²) in [5.74, 6) is 0.756. The number of nitrogens with zero attached hydrogens (tertiary/aromatic N) is 3. The standard InChI is InChI=1S/C13H24N4O/c1-16-5-3-4-12(10-16)8-14-13-9-15-17(11-13)6-7-18-2/h9,11-12,14H,3-8,10H2,1-2H3. The lowest BCUT2D eigenvalue weighted by Crippen LogP contribution is -2.35. The number of likely N-dealkylation sites (tertiary alicyclic amines) is 1. The highest BCUT2D eigenvalue weighted by Gasteiger charge is 2.16. The summed E-state index contributed by atoms with van der Waals surface area (Å²) >= 11 is 0. The van der Waals surface area contributed by atoms with E-state index in [1.807, 2.05) is 17.1 Å². The largest absolute Gasteiger partial charge is 0.383 e. The van der Waals surface area contributed by atoms with Crippen LogP contribution in [0.5, 0.6) is 0 Å². The maximum Gasteiger partial charge on any atom is 0.0726 e. The third-order valence-corrected chi connectivity index (χ3v) is 3.47. The van der Waals surface area contributed by atoms with Crippen molar-refractivity contribution in [3.8, 4) is 0 Å². The van der Waals surface area contributed by atoms with Gasteiger partial charge >= 0.3 is 0 Å². The number of rotatable bonds is 6. The predicted octanol–water partition coefficient (Wildman–Crippen LogP) is 1.28. The molecule has 5 nitrogen and oxygen atoms in total. The monoisotopic (exact) mass is 252 g/mol. The van der Waals surface area contributed by atoms with Crippen LogP contribution in [0.4, 0.5) is 5.69 Å². The molecule has 0 spiro atoms. The van der Waals surface area contributed by atoms with Gasteiger partial charge in [-0.3, -0.25) is 4.68 Å². The van der Waals surface area contributed by atoms with Crippen molar-refractivity contribution in [1.29, 1.82) is 0 Å². The Bertz CT molecular complexity index is 353. The molecule has 1 fully saturated rings. The number of hydrogen-bond donors (Lipinski definition) is 1. The zero-order chi connectivity index (χ0) is 12.8. The molecule has 0 aromatic carbocycles. The van der Waals surface area contributed by atoms with E-state index in [0.717, 1.165) is 24.7 Å². The fraction of sp³-hybridized carbons (Fsp3) is 0.769. The molecule has 1 unspecified atom stereocenters. The molecule has 5 heteroatoms. The highest BCUT2D eigenvalue weighted by molar-refractivity contribution is 5.38. The van der Waals surface area contributed by atoms with Crippen LogP contribution in [0.25, 0.3) is 0 Å². The van der Waals surface area contributed by atoms with Gasteiger partial charge in [-0.1, -0.05) is 0 Å². The third-order valence-electron chi connectivity index (χ3n) is 3.47. The maximum absolute atomic E-state index is 5.04. The van der Waals surface area contributed by atoms with Crippen LogP contribution in [0, 0.1) is 5.92 Å². The Labute approximate surface area is 109 Å². The van der Waals surface area contributed by atoms with Crippen molar-refractivity contribution in [1.82, 2.24) is 14.7 Å². The molecule has 0 saturated carbocycles. The summed E-state index contributed by atoms with van der Waals surface area (Å²) in [7, 11) is 3.91. The number of methoxy groups -OCH3 is 1. The number of nitrogens with one attached hydrogen (secondary N) is 1. The number of anilines is 1. The molecular formula is C13H24N4O. The molecular weight excluding hydrogens is 228 g/mol. The molecule has 1 saturated heterocycles. The third kappa shape index (κ3) is 3.99. The van der Waals surface area contributed by atoms with Gasteiger partial charge in [0.05, 0.1) is 25.0 Å². The molecule has 2 rings (SSSR count). The van der Waals surface area contributed by atoms with Crippen molar-refractivity contribution in [2.45, 2.75) is 19.4 Å². The molecule has 0 radical (unpaired) electrons. The van der Waals surface area contributed by atoms with E-state index in [1.54, 1.807) is 7.11 Å². The molecule has 1 atom stereocenters. The molecule has 1 aromatic heterocycles. The molecule has 1 aliphatic rings. The van der Waals surface area contributed by atoms with Crippen LogP contribution >= 0.6 is 0 Å². The topological polar surface area (TPSA) is 42.3 Å². The zero-order valence-electron chi connectivity index (χ0n) is 11.4. The minimum atomic E-state index is 0.703. The van der Waals surface area contributed by atoms with Crippen molar-refractivity contribution >= 4 is 5.69 Å². The van der Waals surface area contributed by atoms with Gasteiger partial charge in [-0.2, -0.15) is 5.10 Å². The second-order valence-electron chi connectivity index (χ2n) is 5.14. The lowest BCUT2D eigenvalue weighted by atomic mass is 9.98. The minimum absolute atomic E-state index is 0.703. The van der Waals surface area contributed by atoms with Crippen molar-refractivity contribution in [2.75, 3.05) is 45.7 Å². The van der Waals surface area contributed by atoms with Crippen LogP contribution in [-0.2, 0) is 11.3 Å². The number of aromatic nitrogens is 2. The average molecular weight is 252 g/mol. The molecule has 0 bridgehead atoms. The molecule has 0 amide bonds. The number of hydrogen-bond acceptors (Lipinski definition) is 4. The van der Waals surface area contributed by atoms with E-state index < -0.39 is 0 Å². The van der Waals surface area contributed by atoms with Crippen LogP contribution in [0.15, 0.2) is 12.4 Å². The second-order valence-corrected chi connectivity index (χ2v) is 5.14. The van der Waals surface area contributed by atoms with E-state index in [9.17, 15) is 0 Å². The summed E-state index contributed by atoms with van der Waals surface area (Å²) in [6.45, 7) is 5.00. The van der Waals surface area contributed by atoms with E-state index in [4.69, 9.17) is 4.74 Å². The van der Waals surface area contributed by atoms with E-state index in [1.165, 1.54) is 25.9 Å². The first kappa shape index (κ1) is 13.4. The molecule has 102 valence electrons. The quantitative estimate of drug-likeness (QED) is 0.828. The normalized spacial score (nSPS) is 21.1. The summed E-state index contributed by atoms with van der Waals surface area (Å²) < 4.78 is 6.95. The minimum Gasteiger partial charge on any atom is -0.383 e. The molecule has 1 aromatic rings. The van der Waals surface area contributed by atoms with Crippen molar-refractivity contribution in [3.05, 3.63) is 12.4 Å². The van der Waals surface area contributed by atoms with Crippen molar-refractivity contribution in [3.63, 3.8) is 0 Å². The number of piperidine rings is 1. The summed E-state index contributed by atoms with van der Waals surface area (Å²) in [6, 6.07) is 0. The molecule has 2 heterocycles. The van der Waals surface area contributed by atoms with Crippen molar-refractivity contribution < 1.29 is 4.74 Å². The van der Waals surface area contributed by atoms with Gasteiger partial charge < -0.3 is 15.0 Å².